The number of ether oxygens (including phenoxy) is 1. The van der Waals surface area contributed by atoms with Crippen molar-refractivity contribution in [1.29, 1.82) is 0 Å². The molecule has 1 aliphatic heterocycles. The minimum Gasteiger partial charge on any atom is -0.503 e. The third-order valence-corrected chi connectivity index (χ3v) is 5.42. The summed E-state index contributed by atoms with van der Waals surface area (Å²) >= 11 is 6.00. The van der Waals surface area contributed by atoms with Gasteiger partial charge in [-0.2, -0.15) is 0 Å². The molecule has 1 heterocycles. The van der Waals surface area contributed by atoms with E-state index in [2.05, 4.69) is 0 Å². The van der Waals surface area contributed by atoms with Gasteiger partial charge in [0.25, 0.3) is 5.91 Å². The summed E-state index contributed by atoms with van der Waals surface area (Å²) in [6, 6.07) is 19.5. The zero-order chi connectivity index (χ0) is 21.3. The van der Waals surface area contributed by atoms with Crippen LogP contribution in [-0.4, -0.2) is 23.0 Å². The number of carbonyl (C=O) groups is 1. The van der Waals surface area contributed by atoms with E-state index in [-0.39, 0.29) is 12.3 Å². The molecule has 0 fully saturated rings. The van der Waals surface area contributed by atoms with Gasteiger partial charge in [0.15, 0.2) is 5.76 Å². The average molecular weight is 424 g/mol. The molecule has 0 saturated heterocycles. The quantitative estimate of drug-likeness (QED) is 0.586. The van der Waals surface area contributed by atoms with E-state index in [9.17, 15) is 14.3 Å². The Balaban J connectivity index is 1.80. The van der Waals surface area contributed by atoms with Crippen LogP contribution in [0.2, 0.25) is 5.02 Å². The van der Waals surface area contributed by atoms with Crippen molar-refractivity contribution in [3.05, 3.63) is 106 Å². The van der Waals surface area contributed by atoms with Crippen molar-refractivity contribution < 1.29 is 19.0 Å². The second-order valence-corrected chi connectivity index (χ2v) is 7.41. The maximum absolute atomic E-state index is 14.8. The fourth-order valence-electron chi connectivity index (χ4n) is 3.69. The molecule has 1 aliphatic rings. The van der Waals surface area contributed by atoms with Gasteiger partial charge in [-0.05, 0) is 41.5 Å². The summed E-state index contributed by atoms with van der Waals surface area (Å²) in [7, 11) is 1.58. The molecular weight excluding hydrogens is 405 g/mol. The van der Waals surface area contributed by atoms with E-state index < -0.39 is 17.8 Å². The van der Waals surface area contributed by atoms with Gasteiger partial charge in [0.1, 0.15) is 11.6 Å². The van der Waals surface area contributed by atoms with Crippen LogP contribution in [0.3, 0.4) is 0 Å². The predicted molar refractivity (Wildman–Crippen MR) is 114 cm³/mol. The van der Waals surface area contributed by atoms with Crippen LogP contribution in [0.5, 0.6) is 5.75 Å². The standard InChI is InChI=1S/C24H19ClFNO3/c1-30-18-12-6-15(7-13-18)14-27-22(19-4-2-3-5-20(19)26)21(23(28)24(27)29)16-8-10-17(25)11-9-16/h2-13,22,28H,14H2,1H3. The lowest BCUT2D eigenvalue weighted by Gasteiger charge is -2.28. The Morgan fingerprint density at radius 3 is 2.33 bits per heavy atom. The zero-order valence-corrected chi connectivity index (χ0v) is 16.9. The lowest BCUT2D eigenvalue weighted by molar-refractivity contribution is -0.130. The van der Waals surface area contributed by atoms with Crippen molar-refractivity contribution in [3.8, 4) is 5.75 Å². The van der Waals surface area contributed by atoms with Crippen molar-refractivity contribution in [2.45, 2.75) is 12.6 Å². The van der Waals surface area contributed by atoms with Crippen molar-refractivity contribution in [2.24, 2.45) is 0 Å². The second-order valence-electron chi connectivity index (χ2n) is 6.97. The third-order valence-electron chi connectivity index (χ3n) is 5.17. The highest BCUT2D eigenvalue weighted by molar-refractivity contribution is 6.30. The number of benzene rings is 3. The van der Waals surface area contributed by atoms with Gasteiger partial charge in [-0.3, -0.25) is 4.79 Å². The Morgan fingerprint density at radius 1 is 1.03 bits per heavy atom. The van der Waals surface area contributed by atoms with Crippen LogP contribution in [0, 0.1) is 5.82 Å². The molecule has 4 nitrogen and oxygen atoms in total. The van der Waals surface area contributed by atoms with E-state index in [1.165, 1.54) is 11.0 Å². The summed E-state index contributed by atoms with van der Waals surface area (Å²) < 4.78 is 20.0. The van der Waals surface area contributed by atoms with E-state index in [4.69, 9.17) is 16.3 Å². The van der Waals surface area contributed by atoms with Crippen LogP contribution in [0.4, 0.5) is 4.39 Å². The van der Waals surface area contributed by atoms with Gasteiger partial charge >= 0.3 is 0 Å². The molecule has 1 unspecified atom stereocenters. The Labute approximate surface area is 178 Å². The Morgan fingerprint density at radius 2 is 1.70 bits per heavy atom. The van der Waals surface area contributed by atoms with Crippen molar-refractivity contribution in [3.63, 3.8) is 0 Å². The smallest absolute Gasteiger partial charge is 0.290 e. The van der Waals surface area contributed by atoms with E-state index in [1.807, 2.05) is 12.1 Å². The number of carbonyl (C=O) groups excluding carboxylic acids is 1. The molecule has 4 rings (SSSR count). The van der Waals surface area contributed by atoms with Crippen LogP contribution in [0.1, 0.15) is 22.7 Å². The first-order chi connectivity index (χ1) is 14.5. The van der Waals surface area contributed by atoms with Gasteiger partial charge in [0, 0.05) is 22.7 Å². The zero-order valence-electron chi connectivity index (χ0n) is 16.2. The molecular formula is C24H19ClFNO3. The first kappa shape index (κ1) is 20.0. The SMILES string of the molecule is COc1ccc(CN2C(=O)C(O)=C(c3ccc(Cl)cc3)C2c2ccccc2F)cc1. The molecule has 1 atom stereocenters. The highest BCUT2D eigenvalue weighted by atomic mass is 35.5. The summed E-state index contributed by atoms with van der Waals surface area (Å²) in [6.45, 7) is 0.197. The fraction of sp³-hybridized carbons (Fsp3) is 0.125. The van der Waals surface area contributed by atoms with Crippen molar-refractivity contribution in [2.75, 3.05) is 7.11 Å². The highest BCUT2D eigenvalue weighted by Crippen LogP contribution is 2.44. The van der Waals surface area contributed by atoms with Crippen LogP contribution in [0.15, 0.2) is 78.6 Å². The number of amides is 1. The Kier molecular flexibility index (Phi) is 5.46. The molecule has 3 aromatic carbocycles. The van der Waals surface area contributed by atoms with E-state index >= 15 is 0 Å². The maximum atomic E-state index is 14.8. The average Bonchev–Trinajstić information content (AvgIpc) is 3.00. The largest absolute Gasteiger partial charge is 0.503 e. The number of aliphatic hydroxyl groups excluding tert-OH is 1. The number of aliphatic hydroxyl groups is 1. The molecule has 0 aliphatic carbocycles. The van der Waals surface area contributed by atoms with Crippen LogP contribution < -0.4 is 4.74 Å². The first-order valence-electron chi connectivity index (χ1n) is 9.37. The molecule has 0 spiro atoms. The van der Waals surface area contributed by atoms with Gasteiger partial charge < -0.3 is 14.7 Å². The monoisotopic (exact) mass is 423 g/mol. The molecule has 30 heavy (non-hydrogen) atoms. The fourth-order valence-corrected chi connectivity index (χ4v) is 3.81. The molecule has 0 saturated carbocycles. The first-order valence-corrected chi connectivity index (χ1v) is 9.75. The number of nitrogens with zero attached hydrogens (tertiary/aromatic N) is 1. The summed E-state index contributed by atoms with van der Waals surface area (Å²) in [5.41, 5.74) is 2.11. The van der Waals surface area contributed by atoms with Gasteiger partial charge in [0.05, 0.1) is 13.2 Å². The number of hydrogen-bond donors (Lipinski definition) is 1. The number of methoxy groups -OCH3 is 1. The lowest BCUT2D eigenvalue weighted by atomic mass is 9.93. The molecule has 1 N–H and O–H groups in total. The topological polar surface area (TPSA) is 49.8 Å². The van der Waals surface area contributed by atoms with Gasteiger partial charge in [-0.1, -0.05) is 54.1 Å². The molecule has 152 valence electrons. The number of hydrogen-bond acceptors (Lipinski definition) is 3. The third kappa shape index (κ3) is 3.64. The van der Waals surface area contributed by atoms with E-state index in [1.54, 1.807) is 61.7 Å². The molecule has 6 heteroatoms. The molecule has 0 aromatic heterocycles. The second kappa shape index (κ2) is 8.20. The minimum atomic E-state index is -0.776. The lowest BCUT2D eigenvalue weighted by Crippen LogP contribution is -2.30. The van der Waals surface area contributed by atoms with E-state index in [0.29, 0.717) is 27.5 Å². The molecule has 1 amide bonds. The van der Waals surface area contributed by atoms with Crippen molar-refractivity contribution >= 4 is 23.1 Å². The van der Waals surface area contributed by atoms with E-state index in [0.717, 1.165) is 5.56 Å². The summed E-state index contributed by atoms with van der Waals surface area (Å²) in [5, 5.41) is 11.3. The van der Waals surface area contributed by atoms with Crippen LogP contribution in [0.25, 0.3) is 5.57 Å². The van der Waals surface area contributed by atoms with Crippen LogP contribution >= 0.6 is 11.6 Å². The highest BCUT2D eigenvalue weighted by Gasteiger charge is 2.42. The maximum Gasteiger partial charge on any atom is 0.290 e. The summed E-state index contributed by atoms with van der Waals surface area (Å²) in [4.78, 5) is 14.5. The van der Waals surface area contributed by atoms with Gasteiger partial charge in [-0.15, -0.1) is 0 Å². The minimum absolute atomic E-state index is 0.197. The normalized spacial score (nSPS) is 16.3. The molecule has 0 radical (unpaired) electrons. The van der Waals surface area contributed by atoms with Gasteiger partial charge in [-0.25, -0.2) is 4.39 Å². The van der Waals surface area contributed by atoms with Crippen LogP contribution in [-0.2, 0) is 11.3 Å². The number of rotatable bonds is 5. The molecule has 3 aromatic rings. The predicted octanol–water partition coefficient (Wildman–Crippen LogP) is 5.54. The number of halogens is 2. The summed E-state index contributed by atoms with van der Waals surface area (Å²) in [6.07, 6.45) is 0. The Bertz CT molecular complexity index is 1110. The Hall–Kier alpha value is -3.31. The van der Waals surface area contributed by atoms with Gasteiger partial charge in [0.2, 0.25) is 0 Å². The summed E-state index contributed by atoms with van der Waals surface area (Å²) in [5.74, 6) is -0.695. The molecule has 0 bridgehead atoms. The van der Waals surface area contributed by atoms with Crippen molar-refractivity contribution in [1.82, 2.24) is 4.90 Å².